The van der Waals surface area contributed by atoms with Gasteiger partial charge in [-0.05, 0) is 60.0 Å². The number of thioether (sulfide) groups is 1. The summed E-state index contributed by atoms with van der Waals surface area (Å²) >= 11 is 1.000. The first kappa shape index (κ1) is 33.8. The van der Waals surface area contributed by atoms with Crippen molar-refractivity contribution < 1.29 is 37.8 Å². The molecule has 0 bridgehead atoms. The molecule has 1 N–H and O–H groups in total. The van der Waals surface area contributed by atoms with Crippen LogP contribution in [0.2, 0.25) is 0 Å². The summed E-state index contributed by atoms with van der Waals surface area (Å²) in [6.07, 6.45) is 2.58. The minimum atomic E-state index is -9.83. The van der Waals surface area contributed by atoms with Crippen molar-refractivity contribution in [2.45, 2.75) is 24.7 Å². The van der Waals surface area contributed by atoms with Crippen LogP contribution >= 0.6 is 22.0 Å². The number of aromatic nitrogens is 2. The average Bonchev–Trinajstić information content (AvgIpc) is 3.60. The maximum atomic E-state index is 15.1. The molecular weight excluding hydrogens is 673 g/mol. The van der Waals surface area contributed by atoms with Crippen molar-refractivity contribution in [3.8, 4) is 16.9 Å². The largest absolute Gasteiger partial charge is 0.375 e. The Kier molecular flexibility index (Phi) is 8.16. The summed E-state index contributed by atoms with van der Waals surface area (Å²) in [6.45, 7) is 3.67. The minimum absolute atomic E-state index is 0.0197. The zero-order chi connectivity index (χ0) is 34.5. The molecule has 3 amide bonds. The summed E-state index contributed by atoms with van der Waals surface area (Å²) < 4.78 is 96.3. The number of urea groups is 1. The van der Waals surface area contributed by atoms with Gasteiger partial charge in [0.25, 0.3) is 0 Å². The van der Waals surface area contributed by atoms with Crippen LogP contribution in [0.15, 0.2) is 77.0 Å². The van der Waals surface area contributed by atoms with Crippen LogP contribution in [0.5, 0.6) is 0 Å². The highest BCUT2D eigenvalue weighted by Gasteiger charge is 2.65. The minimum Gasteiger partial charge on any atom is -0.375 e. The highest BCUT2D eigenvalue weighted by molar-refractivity contribution is 8.45. The molecule has 0 radical (unpaired) electrons. The highest BCUT2D eigenvalue weighted by Crippen LogP contribution is 3.02. The summed E-state index contributed by atoms with van der Waals surface area (Å²) in [5, 5.41) is 2.37. The fourth-order valence-electron chi connectivity index (χ4n) is 4.74. The molecule has 0 aliphatic carbocycles. The van der Waals surface area contributed by atoms with Crippen molar-refractivity contribution in [2.24, 2.45) is 4.99 Å². The first-order chi connectivity index (χ1) is 21.7. The van der Waals surface area contributed by atoms with E-state index in [0.29, 0.717) is 11.3 Å². The maximum Gasteiger partial charge on any atom is 0.347 e. The number of amides is 3. The van der Waals surface area contributed by atoms with Crippen molar-refractivity contribution in [2.75, 3.05) is 35.0 Å². The average molecular weight is 701 g/mol. The number of benzene rings is 3. The number of anilines is 3. The van der Waals surface area contributed by atoms with Crippen LogP contribution in [0.1, 0.15) is 25.3 Å². The van der Waals surface area contributed by atoms with Gasteiger partial charge in [-0.15, -0.1) is 0 Å². The normalized spacial score (nSPS) is 16.0. The number of amidine groups is 1. The van der Waals surface area contributed by atoms with E-state index in [1.807, 2.05) is 13.8 Å². The lowest BCUT2D eigenvalue weighted by Gasteiger charge is -2.40. The predicted octanol–water partition coefficient (Wildman–Crippen LogP) is 9.33. The Morgan fingerprint density at radius 2 is 1.68 bits per heavy atom. The Labute approximate surface area is 269 Å². The summed E-state index contributed by atoms with van der Waals surface area (Å²) in [7, 11) is -6.52. The number of halogens is 7. The molecule has 5 rings (SSSR count). The van der Waals surface area contributed by atoms with E-state index in [-0.39, 0.29) is 63.2 Å². The van der Waals surface area contributed by atoms with Crippen molar-refractivity contribution in [3.05, 3.63) is 84.3 Å². The number of hydrogen-bond acceptors (Lipinski definition) is 5. The zero-order valence-corrected chi connectivity index (χ0v) is 26.8. The molecule has 1 aliphatic heterocycles. The highest BCUT2D eigenvalue weighted by atomic mass is 32.5. The van der Waals surface area contributed by atoms with Gasteiger partial charge in [0.2, 0.25) is 5.91 Å². The number of nitrogens with zero attached hydrogens (tertiary/aromatic N) is 5. The standard InChI is InChI=1S/C30H27F7N6O2S2/c1-17(2)21-12-23(32)27(41(3)4)13-26(21)43-28(44)15-46-30(43)40-29(45)39-24-10-5-18(11-22(24)31)25-14-42(16-38-25)19-6-8-20(9-7-19)47(33,34,35,36)37/h5-14,16-17H,15H2,1-4H3,(H,39,45)/b40-30-. The number of hydrogen-bond donors (Lipinski definition) is 1. The number of nitrogens with one attached hydrogen (secondary N) is 1. The Hall–Kier alpha value is -4.51. The van der Waals surface area contributed by atoms with Gasteiger partial charge in [0.1, 0.15) is 16.5 Å². The van der Waals surface area contributed by atoms with E-state index in [2.05, 4.69) is 15.3 Å². The van der Waals surface area contributed by atoms with Crippen LogP contribution in [0.25, 0.3) is 16.9 Å². The predicted molar refractivity (Wildman–Crippen MR) is 172 cm³/mol. The van der Waals surface area contributed by atoms with Crippen LogP contribution in [0.3, 0.4) is 0 Å². The van der Waals surface area contributed by atoms with Gasteiger partial charge in [-0.3, -0.25) is 9.69 Å². The van der Waals surface area contributed by atoms with E-state index in [1.54, 1.807) is 19.0 Å². The van der Waals surface area contributed by atoms with Crippen molar-refractivity contribution in [3.63, 3.8) is 0 Å². The monoisotopic (exact) mass is 700 g/mol. The maximum absolute atomic E-state index is 15.1. The van der Waals surface area contributed by atoms with E-state index >= 15 is 4.39 Å². The van der Waals surface area contributed by atoms with Crippen LogP contribution in [0, 0.1) is 11.6 Å². The molecule has 250 valence electrons. The second kappa shape index (κ2) is 11.3. The molecule has 8 nitrogen and oxygen atoms in total. The third-order valence-electron chi connectivity index (χ3n) is 7.07. The van der Waals surface area contributed by atoms with Gasteiger partial charge < -0.3 is 14.8 Å². The molecule has 1 aromatic heterocycles. The Bertz CT molecular complexity index is 1930. The van der Waals surface area contributed by atoms with Crippen molar-refractivity contribution in [1.82, 2.24) is 9.55 Å². The first-order valence-electron chi connectivity index (χ1n) is 13.8. The molecule has 0 unspecified atom stereocenters. The second-order valence-corrected chi connectivity index (χ2v) is 14.4. The van der Waals surface area contributed by atoms with Gasteiger partial charge >= 0.3 is 16.3 Å². The third kappa shape index (κ3) is 7.25. The number of imidazole rings is 1. The number of carbonyl (C=O) groups is 2. The Morgan fingerprint density at radius 3 is 2.28 bits per heavy atom. The molecule has 0 spiro atoms. The Balaban J connectivity index is 1.35. The summed E-state index contributed by atoms with van der Waals surface area (Å²) in [4.78, 5) is 34.7. The number of carbonyl (C=O) groups excluding carboxylic acids is 2. The summed E-state index contributed by atoms with van der Waals surface area (Å²) in [5.74, 6) is -1.91. The molecule has 1 saturated heterocycles. The van der Waals surface area contributed by atoms with Crippen molar-refractivity contribution in [1.29, 1.82) is 0 Å². The first-order valence-corrected chi connectivity index (χ1v) is 16.7. The van der Waals surface area contributed by atoms with Gasteiger partial charge in [-0.2, -0.15) is 4.99 Å². The smallest absolute Gasteiger partial charge is 0.347 e. The molecule has 0 atom stereocenters. The lowest BCUT2D eigenvalue weighted by atomic mass is 9.99. The Morgan fingerprint density at radius 1 is 1.00 bits per heavy atom. The van der Waals surface area contributed by atoms with Gasteiger partial charge in [0.05, 0.1) is 34.8 Å². The van der Waals surface area contributed by atoms with Gasteiger partial charge in [-0.1, -0.05) is 51.1 Å². The van der Waals surface area contributed by atoms with Gasteiger partial charge in [-0.25, -0.2) is 18.6 Å². The number of aliphatic imine (C=N–C) groups is 1. The summed E-state index contributed by atoms with van der Waals surface area (Å²) in [6, 6.07) is 7.88. The molecule has 0 saturated carbocycles. The fraction of sp³-hybridized carbons (Fsp3) is 0.200. The zero-order valence-electron chi connectivity index (χ0n) is 25.2. The molecule has 17 heteroatoms. The van der Waals surface area contributed by atoms with Crippen LogP contribution in [-0.2, 0) is 4.79 Å². The van der Waals surface area contributed by atoms with Crippen molar-refractivity contribution >= 4 is 56.2 Å². The number of rotatable bonds is 7. The quantitative estimate of drug-likeness (QED) is 0.194. The summed E-state index contributed by atoms with van der Waals surface area (Å²) in [5.41, 5.74) is 1.44. The van der Waals surface area contributed by atoms with Crippen LogP contribution in [-0.4, -0.2) is 46.5 Å². The molecule has 2 heterocycles. The lowest BCUT2D eigenvalue weighted by molar-refractivity contribution is -0.115. The van der Waals surface area contributed by atoms with Gasteiger partial charge in [0.15, 0.2) is 5.17 Å². The molecule has 1 fully saturated rings. The van der Waals surface area contributed by atoms with E-state index in [4.69, 9.17) is 0 Å². The third-order valence-corrected chi connectivity index (χ3v) is 9.16. The van der Waals surface area contributed by atoms with Gasteiger partial charge in [0, 0.05) is 31.5 Å². The molecule has 1 aliphatic rings. The lowest BCUT2D eigenvalue weighted by Crippen LogP contribution is -2.31. The molecule has 4 aromatic rings. The molecule has 47 heavy (non-hydrogen) atoms. The van der Waals surface area contributed by atoms with E-state index in [0.717, 1.165) is 30.0 Å². The van der Waals surface area contributed by atoms with E-state index in [9.17, 15) is 33.4 Å². The molecular formula is C30H27F7N6O2S2. The fourth-order valence-corrected chi connectivity index (χ4v) is 6.25. The van der Waals surface area contributed by atoms with E-state index < -0.39 is 32.8 Å². The topological polar surface area (TPSA) is 82.8 Å². The van der Waals surface area contributed by atoms with Crippen LogP contribution < -0.4 is 15.1 Å². The van der Waals surface area contributed by atoms with Crippen LogP contribution in [0.4, 0.5) is 50.1 Å². The van der Waals surface area contributed by atoms with E-state index in [1.165, 1.54) is 46.3 Å². The molecule has 3 aromatic carbocycles. The SMILES string of the molecule is CC(C)c1cc(F)c(N(C)C)cc1N1C(=O)CS/C1=N\C(=O)Nc1ccc(-c2cn(-c3ccc(S(F)(F)(F)(F)F)cc3)cn2)cc1F. The second-order valence-electron chi connectivity index (χ2n) is 11.1.